The first-order valence-electron chi connectivity index (χ1n) is 8.57. The molecule has 114 valence electrons. The molecule has 1 heteroatoms. The summed E-state index contributed by atoms with van der Waals surface area (Å²) in [5.41, 5.74) is 0. The van der Waals surface area contributed by atoms with E-state index in [-0.39, 0.29) is 0 Å². The molecule has 0 aliphatic carbocycles. The Labute approximate surface area is 118 Å². The van der Waals surface area contributed by atoms with E-state index in [1.54, 1.807) is 0 Å². The van der Waals surface area contributed by atoms with E-state index >= 15 is 0 Å². The van der Waals surface area contributed by atoms with Crippen molar-refractivity contribution in [1.29, 1.82) is 0 Å². The zero-order chi connectivity index (χ0) is 14.6. The van der Waals surface area contributed by atoms with Crippen molar-refractivity contribution in [2.75, 3.05) is 19.6 Å². The van der Waals surface area contributed by atoms with Gasteiger partial charge in [-0.1, -0.05) is 87.0 Å². The van der Waals surface area contributed by atoms with Crippen LogP contribution in [0.3, 0.4) is 0 Å². The maximum atomic E-state index is 2.52. The van der Waals surface area contributed by atoms with Crippen LogP contribution < -0.4 is 0 Å². The highest BCUT2D eigenvalue weighted by Crippen LogP contribution is 2.07. The molecular formula is C17H41N. The molecule has 0 aromatic carbocycles. The third kappa shape index (κ3) is 21.3. The van der Waals surface area contributed by atoms with E-state index in [1.165, 1.54) is 64.6 Å². The van der Waals surface area contributed by atoms with Crippen LogP contribution in [-0.4, -0.2) is 24.5 Å². The van der Waals surface area contributed by atoms with E-state index in [0.29, 0.717) is 0 Å². The zero-order valence-corrected chi connectivity index (χ0v) is 14.5. The Bertz CT molecular complexity index is 97.8. The van der Waals surface area contributed by atoms with Crippen LogP contribution in [0.2, 0.25) is 0 Å². The van der Waals surface area contributed by atoms with Gasteiger partial charge in [-0.15, -0.1) is 0 Å². The number of hydrogen-bond acceptors (Lipinski definition) is 1. The van der Waals surface area contributed by atoms with Crippen molar-refractivity contribution in [2.24, 2.45) is 0 Å². The van der Waals surface area contributed by atoms with E-state index in [4.69, 9.17) is 0 Å². The second kappa shape index (κ2) is 25.7. The second-order valence-corrected chi connectivity index (χ2v) is 4.15. The maximum absolute atomic E-state index is 2.52. The third-order valence-corrected chi connectivity index (χ3v) is 2.97. The lowest BCUT2D eigenvalue weighted by Gasteiger charge is -2.17. The minimum atomic E-state index is 1.21. The zero-order valence-electron chi connectivity index (χ0n) is 14.5. The normalized spacial score (nSPS) is 9.33. The summed E-state index contributed by atoms with van der Waals surface area (Å²) in [5, 5.41) is 0. The van der Waals surface area contributed by atoms with Crippen LogP contribution in [-0.2, 0) is 0 Å². The molecule has 0 aliphatic rings. The van der Waals surface area contributed by atoms with Crippen LogP contribution in [0.1, 0.15) is 93.4 Å². The lowest BCUT2D eigenvalue weighted by atomic mass is 10.1. The molecule has 0 saturated carbocycles. The predicted octanol–water partition coefficient (Wildman–Crippen LogP) is 6.13. The van der Waals surface area contributed by atoms with E-state index in [0.717, 1.165) is 0 Å². The van der Waals surface area contributed by atoms with Crippen LogP contribution in [0.25, 0.3) is 0 Å². The van der Waals surface area contributed by atoms with Crippen molar-refractivity contribution in [1.82, 2.24) is 4.90 Å². The Kier molecular flexibility index (Phi) is 33.0. The Morgan fingerprint density at radius 3 is 1.33 bits per heavy atom. The molecule has 0 bridgehead atoms. The average molecular weight is 260 g/mol. The smallest absolute Gasteiger partial charge is 0.00190 e. The monoisotopic (exact) mass is 259 g/mol. The molecule has 0 rings (SSSR count). The molecule has 0 N–H and O–H groups in total. The summed E-state index contributed by atoms with van der Waals surface area (Å²) in [6.45, 7) is 18.5. The lowest BCUT2D eigenvalue weighted by molar-refractivity contribution is 0.295. The minimum Gasteiger partial charge on any atom is -0.304 e. The highest BCUT2D eigenvalue weighted by molar-refractivity contribution is 4.53. The van der Waals surface area contributed by atoms with Gasteiger partial charge in [0.2, 0.25) is 0 Å². The Hall–Kier alpha value is -0.0400. The fourth-order valence-electron chi connectivity index (χ4n) is 1.83. The van der Waals surface area contributed by atoms with Crippen molar-refractivity contribution >= 4 is 0 Å². The summed E-state index contributed by atoms with van der Waals surface area (Å²) >= 11 is 0. The van der Waals surface area contributed by atoms with Gasteiger partial charge in [-0.2, -0.15) is 0 Å². The second-order valence-electron chi connectivity index (χ2n) is 4.15. The van der Waals surface area contributed by atoms with Gasteiger partial charge in [0.15, 0.2) is 0 Å². The lowest BCUT2D eigenvalue weighted by Crippen LogP contribution is -2.23. The van der Waals surface area contributed by atoms with Crippen molar-refractivity contribution in [3.8, 4) is 0 Å². The van der Waals surface area contributed by atoms with E-state index in [2.05, 4.69) is 25.7 Å². The molecule has 18 heavy (non-hydrogen) atoms. The van der Waals surface area contributed by atoms with Crippen LogP contribution >= 0.6 is 0 Å². The molecule has 0 atom stereocenters. The summed E-state index contributed by atoms with van der Waals surface area (Å²) in [4.78, 5) is 2.52. The van der Waals surface area contributed by atoms with Gasteiger partial charge in [-0.25, -0.2) is 0 Å². The summed E-state index contributed by atoms with van der Waals surface area (Å²) in [6, 6.07) is 0. The first kappa shape index (κ1) is 23.1. The van der Waals surface area contributed by atoms with E-state index in [1.807, 2.05) is 27.7 Å². The molecule has 0 saturated heterocycles. The van der Waals surface area contributed by atoms with Crippen molar-refractivity contribution in [3.05, 3.63) is 0 Å². The van der Waals surface area contributed by atoms with Gasteiger partial charge in [0.1, 0.15) is 0 Å². The Morgan fingerprint density at radius 2 is 0.944 bits per heavy atom. The van der Waals surface area contributed by atoms with Gasteiger partial charge in [-0.3, -0.25) is 0 Å². The van der Waals surface area contributed by atoms with Gasteiger partial charge < -0.3 is 4.90 Å². The third-order valence-electron chi connectivity index (χ3n) is 2.97. The molecule has 1 nitrogen and oxygen atoms in total. The fourth-order valence-corrected chi connectivity index (χ4v) is 1.83. The quantitative estimate of drug-likeness (QED) is 0.426. The molecule has 0 unspecified atom stereocenters. The SMILES string of the molecule is CC.CC.CCCCCCCCCN(CC)CC. The number of hydrogen-bond donors (Lipinski definition) is 0. The number of nitrogens with zero attached hydrogens (tertiary/aromatic N) is 1. The Morgan fingerprint density at radius 1 is 0.556 bits per heavy atom. The number of rotatable bonds is 10. The molecule has 0 aliphatic heterocycles. The van der Waals surface area contributed by atoms with E-state index < -0.39 is 0 Å². The van der Waals surface area contributed by atoms with Gasteiger partial charge in [0.25, 0.3) is 0 Å². The first-order chi connectivity index (χ1) is 8.85. The maximum Gasteiger partial charge on any atom is -0.00190 e. The van der Waals surface area contributed by atoms with Crippen molar-refractivity contribution in [2.45, 2.75) is 93.4 Å². The summed E-state index contributed by atoms with van der Waals surface area (Å²) < 4.78 is 0. The highest BCUT2D eigenvalue weighted by atomic mass is 15.1. The van der Waals surface area contributed by atoms with Gasteiger partial charge >= 0.3 is 0 Å². The summed E-state index contributed by atoms with van der Waals surface area (Å²) in [7, 11) is 0. The molecule has 0 amide bonds. The van der Waals surface area contributed by atoms with Crippen LogP contribution in [0.5, 0.6) is 0 Å². The molecule has 0 fully saturated rings. The van der Waals surface area contributed by atoms with Gasteiger partial charge in [-0.05, 0) is 26.1 Å². The first-order valence-corrected chi connectivity index (χ1v) is 8.57. The molecular weight excluding hydrogens is 218 g/mol. The van der Waals surface area contributed by atoms with Gasteiger partial charge in [0.05, 0.1) is 0 Å². The molecule has 0 radical (unpaired) electrons. The average Bonchev–Trinajstić information content (AvgIpc) is 2.46. The van der Waals surface area contributed by atoms with Crippen LogP contribution in [0, 0.1) is 0 Å². The van der Waals surface area contributed by atoms with Gasteiger partial charge in [0, 0.05) is 0 Å². The highest BCUT2D eigenvalue weighted by Gasteiger charge is 1.97. The Balaban J connectivity index is -0.000000506. The summed E-state index contributed by atoms with van der Waals surface area (Å²) in [5.74, 6) is 0. The predicted molar refractivity (Wildman–Crippen MR) is 88.5 cm³/mol. The topological polar surface area (TPSA) is 3.24 Å². The molecule has 0 spiro atoms. The van der Waals surface area contributed by atoms with Crippen molar-refractivity contribution < 1.29 is 0 Å². The summed E-state index contributed by atoms with van der Waals surface area (Å²) in [6.07, 6.45) is 9.96. The largest absolute Gasteiger partial charge is 0.304 e. The van der Waals surface area contributed by atoms with E-state index in [9.17, 15) is 0 Å². The standard InChI is InChI=1S/C13H29N.2C2H6/c1-4-7-8-9-10-11-12-13-14(5-2)6-3;2*1-2/h4-13H2,1-3H3;2*1-2H3. The minimum absolute atomic E-state index is 1.21. The van der Waals surface area contributed by atoms with Crippen molar-refractivity contribution in [3.63, 3.8) is 0 Å². The molecule has 0 heterocycles. The molecule has 0 aromatic heterocycles. The van der Waals surface area contributed by atoms with Crippen LogP contribution in [0.15, 0.2) is 0 Å². The molecule has 0 aromatic rings. The number of unbranched alkanes of at least 4 members (excludes halogenated alkanes) is 6. The van der Waals surface area contributed by atoms with Crippen LogP contribution in [0.4, 0.5) is 0 Å². The fraction of sp³-hybridized carbons (Fsp3) is 1.00.